The number of benzene rings is 2. The maximum Gasteiger partial charge on any atom is 0.285 e. The summed E-state index contributed by atoms with van der Waals surface area (Å²) in [5.74, 6) is -0.305. The minimum atomic E-state index is -3.68. The van der Waals surface area contributed by atoms with E-state index < -0.39 is 10.2 Å². The van der Waals surface area contributed by atoms with Crippen molar-refractivity contribution in [1.82, 2.24) is 20.1 Å². The summed E-state index contributed by atoms with van der Waals surface area (Å²) >= 11 is 0. The van der Waals surface area contributed by atoms with Gasteiger partial charge >= 0.3 is 0 Å². The summed E-state index contributed by atoms with van der Waals surface area (Å²) in [5.41, 5.74) is 4.18. The summed E-state index contributed by atoms with van der Waals surface area (Å²) in [6.45, 7) is 1.40. The van der Waals surface area contributed by atoms with Crippen molar-refractivity contribution in [3.8, 4) is 22.3 Å². The smallest absolute Gasteiger partial charge is 0.285 e. The largest absolute Gasteiger partial charge is 0.351 e. The zero-order valence-electron chi connectivity index (χ0n) is 24.0. The average molecular weight is 603 g/mol. The van der Waals surface area contributed by atoms with E-state index in [9.17, 15) is 18.0 Å². The number of pyridine rings is 2. The van der Waals surface area contributed by atoms with Crippen LogP contribution in [0.3, 0.4) is 0 Å². The molecule has 4 aromatic rings. The van der Waals surface area contributed by atoms with E-state index in [0.29, 0.717) is 25.9 Å². The fraction of sp³-hybridized carbons (Fsp3) is 0.250. The summed E-state index contributed by atoms with van der Waals surface area (Å²) in [5, 5.41) is 5.64. The van der Waals surface area contributed by atoms with Gasteiger partial charge in [-0.05, 0) is 36.1 Å². The molecule has 2 heterocycles. The van der Waals surface area contributed by atoms with E-state index in [4.69, 9.17) is 0 Å². The summed E-state index contributed by atoms with van der Waals surface area (Å²) in [6, 6.07) is 27.6. The van der Waals surface area contributed by atoms with Gasteiger partial charge < -0.3 is 10.6 Å². The van der Waals surface area contributed by atoms with Gasteiger partial charge in [-0.25, -0.2) is 9.44 Å². The highest BCUT2D eigenvalue weighted by atomic mass is 32.2. The van der Waals surface area contributed by atoms with Crippen molar-refractivity contribution in [3.05, 3.63) is 110 Å². The molecule has 0 fully saturated rings. The Balaban J connectivity index is 1.06. The van der Waals surface area contributed by atoms with Crippen molar-refractivity contribution in [2.75, 3.05) is 26.2 Å². The normalized spacial score (nSPS) is 11.2. The van der Waals surface area contributed by atoms with Crippen molar-refractivity contribution in [1.29, 1.82) is 0 Å². The minimum absolute atomic E-state index is 0.152. The van der Waals surface area contributed by atoms with Gasteiger partial charge in [0.1, 0.15) is 0 Å². The minimum Gasteiger partial charge on any atom is -0.351 e. The van der Waals surface area contributed by atoms with Crippen LogP contribution in [0.25, 0.3) is 22.3 Å². The van der Waals surface area contributed by atoms with E-state index in [-0.39, 0.29) is 38.0 Å². The number of amides is 2. The highest BCUT2D eigenvalue weighted by Crippen LogP contribution is 2.16. The molecule has 4 rings (SSSR count). The molecule has 11 heteroatoms. The van der Waals surface area contributed by atoms with Crippen molar-refractivity contribution < 1.29 is 27.1 Å². The third-order valence-electron chi connectivity index (χ3n) is 6.52. The topological polar surface area (TPSA) is 124 Å². The molecule has 4 N–H and O–H groups in total. The standard InChI is InChI=1S/C32H36N6O4S/c39-31(25-37-21-7-15-29(23-37)27-11-3-1-4-12-27)33-17-9-19-35-43(41,42)36-20-10-18-34-32(40)26-38-22-8-16-30(24-38)28-13-5-2-6-14-28/h1-8,11-16,21-24,35-36H,9-10,17-20,25-26H2/p+2. The number of hydrogen-bond donors (Lipinski definition) is 4. The van der Waals surface area contributed by atoms with Crippen LogP contribution in [0.15, 0.2) is 110 Å². The van der Waals surface area contributed by atoms with Gasteiger partial charge in [-0.2, -0.15) is 17.6 Å². The van der Waals surface area contributed by atoms with E-state index in [1.807, 2.05) is 119 Å². The number of nitrogens with one attached hydrogen (secondary N) is 4. The predicted molar refractivity (Wildman–Crippen MR) is 164 cm³/mol. The number of carbonyl (C=O) groups is 2. The first-order valence-corrected chi connectivity index (χ1v) is 15.7. The van der Waals surface area contributed by atoms with E-state index in [1.165, 1.54) is 0 Å². The molecule has 2 aromatic heterocycles. The zero-order valence-corrected chi connectivity index (χ0v) is 24.8. The van der Waals surface area contributed by atoms with Gasteiger partial charge in [0, 0.05) is 49.4 Å². The first kappa shape index (κ1) is 31.5. The molecule has 0 radical (unpaired) electrons. The van der Waals surface area contributed by atoms with Crippen molar-refractivity contribution in [2.24, 2.45) is 0 Å². The second-order valence-electron chi connectivity index (χ2n) is 9.96. The Bertz CT molecular complexity index is 1470. The predicted octanol–water partition coefficient (Wildman–Crippen LogP) is 1.73. The van der Waals surface area contributed by atoms with Crippen molar-refractivity contribution in [3.63, 3.8) is 0 Å². The second kappa shape index (κ2) is 16.3. The molecule has 0 atom stereocenters. The van der Waals surface area contributed by atoms with Crippen LogP contribution < -0.4 is 29.2 Å². The van der Waals surface area contributed by atoms with Crippen molar-refractivity contribution in [2.45, 2.75) is 25.9 Å². The molecule has 0 spiro atoms. The molecule has 224 valence electrons. The summed E-state index contributed by atoms with van der Waals surface area (Å²) < 4.78 is 33.0. The molecular weight excluding hydrogens is 564 g/mol. The van der Waals surface area contributed by atoms with E-state index in [0.717, 1.165) is 22.3 Å². The van der Waals surface area contributed by atoms with Crippen LogP contribution in [-0.4, -0.2) is 46.4 Å². The lowest BCUT2D eigenvalue weighted by atomic mass is 10.1. The number of nitrogens with zero attached hydrogens (tertiary/aromatic N) is 2. The first-order valence-electron chi connectivity index (χ1n) is 14.2. The van der Waals surface area contributed by atoms with Gasteiger partial charge in [-0.15, -0.1) is 0 Å². The van der Waals surface area contributed by atoms with Crippen LogP contribution in [0.2, 0.25) is 0 Å². The molecule has 43 heavy (non-hydrogen) atoms. The van der Waals surface area contributed by atoms with Crippen LogP contribution in [0, 0.1) is 0 Å². The highest BCUT2D eigenvalue weighted by molar-refractivity contribution is 7.87. The molecule has 0 bridgehead atoms. The molecule has 10 nitrogen and oxygen atoms in total. The monoisotopic (exact) mass is 602 g/mol. The zero-order chi connectivity index (χ0) is 30.3. The lowest BCUT2D eigenvalue weighted by Crippen LogP contribution is -2.44. The van der Waals surface area contributed by atoms with Crippen molar-refractivity contribution >= 4 is 22.0 Å². The Morgan fingerprint density at radius 1 is 0.535 bits per heavy atom. The van der Waals surface area contributed by atoms with E-state index in [1.54, 1.807) is 0 Å². The summed E-state index contributed by atoms with van der Waals surface area (Å²) in [6.07, 6.45) is 8.40. The first-order chi connectivity index (χ1) is 20.9. The van der Waals surface area contributed by atoms with Gasteiger partial charge in [0.15, 0.2) is 24.8 Å². The Kier molecular flexibility index (Phi) is 11.9. The van der Waals surface area contributed by atoms with Gasteiger partial charge in [-0.3, -0.25) is 9.59 Å². The third kappa shape index (κ3) is 11.0. The molecule has 2 aromatic carbocycles. The lowest BCUT2D eigenvalue weighted by Gasteiger charge is -2.09. The number of rotatable bonds is 16. The number of aromatic nitrogens is 2. The van der Waals surface area contributed by atoms with Crippen LogP contribution in [0.4, 0.5) is 0 Å². The summed E-state index contributed by atoms with van der Waals surface area (Å²) in [7, 11) is -3.68. The quantitative estimate of drug-likeness (QED) is 0.115. The molecule has 2 amide bonds. The van der Waals surface area contributed by atoms with E-state index in [2.05, 4.69) is 20.1 Å². The fourth-order valence-electron chi connectivity index (χ4n) is 4.38. The molecule has 0 unspecified atom stereocenters. The Labute approximate surface area is 253 Å². The SMILES string of the molecule is O=C(C[n+]1cccc(-c2ccccc2)c1)NCCCNS(=O)(=O)NCCCNC(=O)C[n+]1cccc(-c2ccccc2)c1. The molecule has 0 aliphatic rings. The lowest BCUT2D eigenvalue weighted by molar-refractivity contribution is -0.684. The van der Waals surface area contributed by atoms with Gasteiger partial charge in [0.2, 0.25) is 13.1 Å². The third-order valence-corrected chi connectivity index (χ3v) is 7.69. The van der Waals surface area contributed by atoms with Gasteiger partial charge in [-0.1, -0.05) is 60.7 Å². The van der Waals surface area contributed by atoms with Crippen LogP contribution in [0.1, 0.15) is 12.8 Å². The highest BCUT2D eigenvalue weighted by Gasteiger charge is 2.13. The molecular formula is C32H38N6O4S+2. The fourth-order valence-corrected chi connectivity index (χ4v) is 5.31. The van der Waals surface area contributed by atoms with Gasteiger partial charge in [0.05, 0.1) is 0 Å². The Morgan fingerprint density at radius 2 is 0.930 bits per heavy atom. The maximum atomic E-state index is 12.3. The van der Waals surface area contributed by atoms with Gasteiger partial charge in [0.25, 0.3) is 22.0 Å². The Hall–Kier alpha value is -4.45. The van der Waals surface area contributed by atoms with Crippen LogP contribution in [0.5, 0.6) is 0 Å². The van der Waals surface area contributed by atoms with Crippen LogP contribution >= 0.6 is 0 Å². The molecule has 0 saturated carbocycles. The Morgan fingerprint density at radius 3 is 1.35 bits per heavy atom. The average Bonchev–Trinajstić information content (AvgIpc) is 3.02. The summed E-state index contributed by atoms with van der Waals surface area (Å²) in [4.78, 5) is 24.7. The number of carbonyl (C=O) groups excluding carboxylic acids is 2. The molecule has 0 aliphatic carbocycles. The van der Waals surface area contributed by atoms with Crippen LogP contribution in [-0.2, 0) is 32.9 Å². The number of hydrogen-bond acceptors (Lipinski definition) is 4. The molecule has 0 aliphatic heterocycles. The molecule has 0 saturated heterocycles. The van der Waals surface area contributed by atoms with E-state index >= 15 is 0 Å². The second-order valence-corrected chi connectivity index (χ2v) is 11.5. The maximum absolute atomic E-state index is 12.3.